The van der Waals surface area contributed by atoms with Gasteiger partial charge in [-0.25, -0.2) is 4.90 Å². The van der Waals surface area contributed by atoms with Gasteiger partial charge in [0.05, 0.1) is 28.4 Å². The summed E-state index contributed by atoms with van der Waals surface area (Å²) in [5.74, 6) is -2.77. The van der Waals surface area contributed by atoms with Crippen LogP contribution in [0, 0.1) is 11.8 Å². The molecule has 0 aromatic heterocycles. The van der Waals surface area contributed by atoms with Crippen molar-refractivity contribution < 1.29 is 14.4 Å². The first-order chi connectivity index (χ1) is 24.1. The minimum Gasteiger partial charge on any atom is -0.297 e. The van der Waals surface area contributed by atoms with Gasteiger partial charge in [-0.3, -0.25) is 14.4 Å². The van der Waals surface area contributed by atoms with Crippen molar-refractivity contribution in [3.05, 3.63) is 198 Å². The molecule has 4 atom stereocenters. The highest BCUT2D eigenvalue weighted by atomic mass is 16.2. The second-order valence-electron chi connectivity index (χ2n) is 13.0. The quantitative estimate of drug-likeness (QED) is 0.173. The Hall–Kier alpha value is -6.13. The van der Waals surface area contributed by atoms with Crippen LogP contribution in [-0.2, 0) is 25.2 Å². The molecule has 2 aliphatic carbocycles. The Morgan fingerprint density at radius 2 is 0.735 bits per heavy atom. The third kappa shape index (κ3) is 3.77. The number of para-hydroxylation sites is 1. The van der Waals surface area contributed by atoms with Gasteiger partial charge in [0.15, 0.2) is 5.78 Å². The van der Waals surface area contributed by atoms with Crippen LogP contribution in [0.15, 0.2) is 176 Å². The van der Waals surface area contributed by atoms with Crippen LogP contribution in [0.5, 0.6) is 0 Å². The van der Waals surface area contributed by atoms with Gasteiger partial charge in [-0.05, 0) is 45.0 Å². The summed E-state index contributed by atoms with van der Waals surface area (Å²) >= 11 is 0. The SMILES string of the molecule is O=C1[C@H]2[C@H](C(=O)N1c1ccccc1-c1ccccc1)[C@@]1(c3ccccc3)C(=O)[C@@]2(c2ccccc2)C(c2ccccc2)=C1c1ccccc1. The molecule has 49 heavy (non-hydrogen) atoms. The topological polar surface area (TPSA) is 54.5 Å². The normalized spacial score (nSPS) is 24.1. The molecule has 1 aliphatic heterocycles. The van der Waals surface area contributed by atoms with Crippen molar-refractivity contribution >= 4 is 34.4 Å². The van der Waals surface area contributed by atoms with Gasteiger partial charge in [0.25, 0.3) is 0 Å². The van der Waals surface area contributed by atoms with E-state index >= 15 is 14.4 Å². The molecule has 6 aromatic rings. The maximum Gasteiger partial charge on any atom is 0.239 e. The number of rotatable bonds is 6. The number of Topliss-reactive ketones (excluding diaryl/α,β-unsaturated/α-hetero) is 1. The molecule has 1 heterocycles. The van der Waals surface area contributed by atoms with Gasteiger partial charge in [-0.1, -0.05) is 170 Å². The van der Waals surface area contributed by atoms with Gasteiger partial charge in [0, 0.05) is 5.56 Å². The number of fused-ring (bicyclic) bond motifs is 5. The summed E-state index contributed by atoms with van der Waals surface area (Å²) in [6.07, 6.45) is 0. The fourth-order valence-electron chi connectivity index (χ4n) is 9.10. The number of hydrogen-bond donors (Lipinski definition) is 0. The molecule has 0 unspecified atom stereocenters. The summed E-state index contributed by atoms with van der Waals surface area (Å²) in [7, 11) is 0. The number of nitrogens with zero attached hydrogens (tertiary/aromatic N) is 1. The molecule has 2 bridgehead atoms. The highest BCUT2D eigenvalue weighted by Crippen LogP contribution is 2.74. The lowest BCUT2D eigenvalue weighted by molar-refractivity contribution is -0.130. The van der Waals surface area contributed by atoms with Crippen molar-refractivity contribution in [3.8, 4) is 11.1 Å². The van der Waals surface area contributed by atoms with Gasteiger partial charge in [-0.2, -0.15) is 0 Å². The first kappa shape index (κ1) is 29.0. The van der Waals surface area contributed by atoms with E-state index in [1.165, 1.54) is 4.90 Å². The average molecular weight is 634 g/mol. The van der Waals surface area contributed by atoms with E-state index in [1.807, 2.05) is 176 Å². The number of amides is 2. The summed E-state index contributed by atoms with van der Waals surface area (Å²) < 4.78 is 0. The van der Waals surface area contributed by atoms with E-state index in [0.717, 1.165) is 44.5 Å². The van der Waals surface area contributed by atoms with Crippen LogP contribution in [0.1, 0.15) is 22.3 Å². The predicted molar refractivity (Wildman–Crippen MR) is 192 cm³/mol. The number of imide groups is 1. The lowest BCUT2D eigenvalue weighted by Gasteiger charge is -2.39. The summed E-state index contributed by atoms with van der Waals surface area (Å²) in [6.45, 7) is 0. The molecular formula is C45H31NO3. The van der Waals surface area contributed by atoms with E-state index < -0.39 is 22.7 Å². The zero-order valence-electron chi connectivity index (χ0n) is 26.6. The summed E-state index contributed by atoms with van der Waals surface area (Å²) in [6, 6.07) is 56.6. The zero-order chi connectivity index (χ0) is 33.2. The summed E-state index contributed by atoms with van der Waals surface area (Å²) in [4.78, 5) is 48.3. The van der Waals surface area contributed by atoms with Crippen molar-refractivity contribution in [2.75, 3.05) is 4.90 Å². The number of carbonyl (C=O) groups is 3. The molecule has 0 N–H and O–H groups in total. The van der Waals surface area contributed by atoms with E-state index in [0.29, 0.717) is 5.69 Å². The van der Waals surface area contributed by atoms with E-state index in [2.05, 4.69) is 0 Å². The molecule has 2 amide bonds. The highest BCUT2D eigenvalue weighted by molar-refractivity contribution is 6.39. The van der Waals surface area contributed by atoms with Crippen LogP contribution >= 0.6 is 0 Å². The maximum absolute atomic E-state index is 16.1. The van der Waals surface area contributed by atoms with Gasteiger partial charge >= 0.3 is 0 Å². The minimum absolute atomic E-state index is 0.122. The zero-order valence-corrected chi connectivity index (χ0v) is 26.6. The van der Waals surface area contributed by atoms with Crippen LogP contribution in [0.4, 0.5) is 5.69 Å². The Kier molecular flexibility index (Phi) is 6.50. The Labute approximate surface area is 285 Å². The van der Waals surface area contributed by atoms with E-state index in [-0.39, 0.29) is 17.6 Å². The van der Waals surface area contributed by atoms with Gasteiger partial charge < -0.3 is 0 Å². The molecule has 3 aliphatic rings. The molecular weight excluding hydrogens is 602 g/mol. The third-order valence-corrected chi connectivity index (χ3v) is 10.8. The third-order valence-electron chi connectivity index (χ3n) is 10.8. The molecule has 234 valence electrons. The van der Waals surface area contributed by atoms with Crippen LogP contribution in [0.25, 0.3) is 22.3 Å². The first-order valence-corrected chi connectivity index (χ1v) is 16.7. The number of allylic oxidation sites excluding steroid dienone is 2. The number of benzene rings is 6. The predicted octanol–water partition coefficient (Wildman–Crippen LogP) is 8.54. The number of hydrogen-bond acceptors (Lipinski definition) is 3. The molecule has 2 fully saturated rings. The van der Waals surface area contributed by atoms with Crippen molar-refractivity contribution in [3.63, 3.8) is 0 Å². The van der Waals surface area contributed by atoms with Crippen LogP contribution in [0.3, 0.4) is 0 Å². The van der Waals surface area contributed by atoms with Crippen molar-refractivity contribution in [1.29, 1.82) is 0 Å². The van der Waals surface area contributed by atoms with Crippen molar-refractivity contribution in [2.45, 2.75) is 10.8 Å². The first-order valence-electron chi connectivity index (χ1n) is 16.7. The number of carbonyl (C=O) groups excluding carboxylic acids is 3. The Morgan fingerprint density at radius 3 is 1.16 bits per heavy atom. The van der Waals surface area contributed by atoms with Crippen molar-refractivity contribution in [1.82, 2.24) is 0 Å². The van der Waals surface area contributed by atoms with E-state index in [9.17, 15) is 0 Å². The van der Waals surface area contributed by atoms with Crippen molar-refractivity contribution in [2.24, 2.45) is 11.8 Å². The number of ketones is 1. The van der Waals surface area contributed by atoms with E-state index in [4.69, 9.17) is 0 Å². The maximum atomic E-state index is 16.1. The highest BCUT2D eigenvalue weighted by Gasteiger charge is 2.82. The van der Waals surface area contributed by atoms with Gasteiger partial charge in [-0.15, -0.1) is 0 Å². The van der Waals surface area contributed by atoms with E-state index in [1.54, 1.807) is 0 Å². The second-order valence-corrected chi connectivity index (χ2v) is 13.0. The lowest BCUT2D eigenvalue weighted by atomic mass is 9.59. The molecule has 0 spiro atoms. The standard InChI is InChI=1S/C45H31NO3/c47-41-39-40(42(48)46(41)36-29-17-16-28-35(36)30-18-6-1-7-19-30)45(34-26-14-5-15-27-34)38(32-22-10-3-11-23-32)37(31-20-8-2-9-21-31)44(39,43(45)49)33-24-12-4-13-25-33/h1-29,39-40H/t39-,40-,44+,45+/m1/s1. The molecule has 1 saturated carbocycles. The average Bonchev–Trinajstić information content (AvgIpc) is 3.68. The largest absolute Gasteiger partial charge is 0.297 e. The Bertz CT molecular complexity index is 2160. The lowest BCUT2D eigenvalue weighted by Crippen LogP contribution is -2.45. The Morgan fingerprint density at radius 1 is 0.388 bits per heavy atom. The number of anilines is 1. The van der Waals surface area contributed by atoms with Gasteiger partial charge in [0.1, 0.15) is 0 Å². The smallest absolute Gasteiger partial charge is 0.239 e. The van der Waals surface area contributed by atoms with Gasteiger partial charge in [0.2, 0.25) is 11.8 Å². The molecule has 9 rings (SSSR count). The molecule has 1 saturated heterocycles. The second kappa shape index (κ2) is 11.0. The molecule has 4 nitrogen and oxygen atoms in total. The molecule has 0 radical (unpaired) electrons. The minimum atomic E-state index is -1.43. The fourth-order valence-corrected chi connectivity index (χ4v) is 9.10. The Balaban J connectivity index is 1.42. The summed E-state index contributed by atoms with van der Waals surface area (Å²) in [5, 5.41) is 0. The fraction of sp³-hybridized carbons (Fsp3) is 0.0889. The monoisotopic (exact) mass is 633 g/mol. The van der Waals surface area contributed by atoms with Crippen LogP contribution in [0.2, 0.25) is 0 Å². The molecule has 6 aromatic carbocycles. The van der Waals surface area contributed by atoms with Crippen LogP contribution < -0.4 is 4.90 Å². The van der Waals surface area contributed by atoms with Crippen LogP contribution in [-0.4, -0.2) is 17.6 Å². The molecule has 4 heteroatoms. The summed E-state index contributed by atoms with van der Waals surface area (Å²) in [5.41, 5.74) is 4.09.